The Morgan fingerprint density at radius 2 is 1.68 bits per heavy atom. The van der Waals surface area contributed by atoms with Crippen LogP contribution in [0.25, 0.3) is 0 Å². The first-order valence-electron chi connectivity index (χ1n) is 7.38. The van der Waals surface area contributed by atoms with Gasteiger partial charge in [0.25, 0.3) is 0 Å². The first-order valence-corrected chi connectivity index (χ1v) is 7.38. The van der Waals surface area contributed by atoms with Crippen LogP contribution in [0.5, 0.6) is 0 Å². The van der Waals surface area contributed by atoms with Crippen LogP contribution in [0, 0.1) is 5.41 Å². The van der Waals surface area contributed by atoms with Crippen LogP contribution in [-0.4, -0.2) is 23.1 Å². The third-order valence-electron chi connectivity index (χ3n) is 3.00. The summed E-state index contributed by atoms with van der Waals surface area (Å²) in [6, 6.07) is 0. The van der Waals surface area contributed by atoms with Crippen molar-refractivity contribution in [2.24, 2.45) is 5.41 Å². The highest BCUT2D eigenvalue weighted by atomic mass is 16.6. The number of carbonyl (C=O) groups is 2. The molecule has 122 valence electrons. The van der Waals surface area contributed by atoms with E-state index >= 15 is 0 Å². The van der Waals surface area contributed by atoms with Crippen LogP contribution in [0.2, 0.25) is 0 Å². The minimum atomic E-state index is -0.932. The molecule has 0 aromatic heterocycles. The summed E-state index contributed by atoms with van der Waals surface area (Å²) in [5, 5.41) is 0. The molecule has 0 saturated carbocycles. The summed E-state index contributed by atoms with van der Waals surface area (Å²) in [4.78, 5) is 24.4. The third-order valence-corrected chi connectivity index (χ3v) is 3.00. The van der Waals surface area contributed by atoms with Crippen molar-refractivity contribution in [3.63, 3.8) is 0 Å². The zero-order valence-electron chi connectivity index (χ0n) is 14.4. The molecule has 1 aliphatic carbocycles. The monoisotopic (exact) mass is 306 g/mol. The lowest BCUT2D eigenvalue weighted by atomic mass is 9.80. The second kappa shape index (κ2) is 6.11. The van der Waals surface area contributed by atoms with Crippen molar-refractivity contribution < 1.29 is 19.1 Å². The Kier molecular flexibility index (Phi) is 5.06. The lowest BCUT2D eigenvalue weighted by Crippen LogP contribution is -2.36. The summed E-state index contributed by atoms with van der Waals surface area (Å²) < 4.78 is 10.8. The topological polar surface area (TPSA) is 52.6 Å². The Bertz CT molecular complexity index is 526. The summed E-state index contributed by atoms with van der Waals surface area (Å²) in [6.45, 7) is 14.6. The molecule has 1 rings (SSSR count). The van der Waals surface area contributed by atoms with Gasteiger partial charge in [0.15, 0.2) is 0 Å². The SMILES string of the molecule is C=CC1(C(=O)OC(C)(C)C)C=CC(C(=O)OC(C)(C)C)=CC1. The molecule has 0 N–H and O–H groups in total. The smallest absolute Gasteiger partial charge is 0.338 e. The van der Waals surface area contributed by atoms with Gasteiger partial charge in [-0.05, 0) is 48.0 Å². The average Bonchev–Trinajstić information content (AvgIpc) is 2.34. The van der Waals surface area contributed by atoms with Gasteiger partial charge in [-0.25, -0.2) is 4.79 Å². The van der Waals surface area contributed by atoms with E-state index in [1.165, 1.54) is 0 Å². The second-order valence-electron chi connectivity index (χ2n) is 7.45. The van der Waals surface area contributed by atoms with Crippen molar-refractivity contribution in [1.82, 2.24) is 0 Å². The van der Waals surface area contributed by atoms with E-state index in [4.69, 9.17) is 9.47 Å². The predicted octanol–water partition coefficient (Wildman–Crippen LogP) is 3.73. The molecule has 0 saturated heterocycles. The van der Waals surface area contributed by atoms with Crippen molar-refractivity contribution >= 4 is 11.9 Å². The summed E-state index contributed by atoms with van der Waals surface area (Å²) >= 11 is 0. The highest BCUT2D eigenvalue weighted by Crippen LogP contribution is 2.34. The molecule has 22 heavy (non-hydrogen) atoms. The molecule has 4 heteroatoms. The maximum atomic E-state index is 12.4. The van der Waals surface area contributed by atoms with E-state index in [-0.39, 0.29) is 5.97 Å². The van der Waals surface area contributed by atoms with Gasteiger partial charge in [-0.15, -0.1) is 6.58 Å². The summed E-state index contributed by atoms with van der Waals surface area (Å²) in [5.41, 5.74) is -1.62. The van der Waals surface area contributed by atoms with Crippen LogP contribution >= 0.6 is 0 Å². The maximum absolute atomic E-state index is 12.4. The Morgan fingerprint density at radius 3 is 2.05 bits per heavy atom. The molecule has 0 aromatic rings. The maximum Gasteiger partial charge on any atom is 0.338 e. The average molecular weight is 306 g/mol. The Hall–Kier alpha value is -1.84. The van der Waals surface area contributed by atoms with Crippen molar-refractivity contribution in [2.45, 2.75) is 59.2 Å². The minimum Gasteiger partial charge on any atom is -0.459 e. The fourth-order valence-corrected chi connectivity index (χ4v) is 1.90. The van der Waals surface area contributed by atoms with Gasteiger partial charge in [0.1, 0.15) is 16.6 Å². The van der Waals surface area contributed by atoms with Gasteiger partial charge in [-0.1, -0.05) is 24.3 Å². The Balaban J connectivity index is 2.88. The molecule has 0 fully saturated rings. The molecule has 0 amide bonds. The van der Waals surface area contributed by atoms with Crippen molar-refractivity contribution in [3.8, 4) is 0 Å². The lowest BCUT2D eigenvalue weighted by molar-refractivity contribution is -0.162. The molecule has 0 bridgehead atoms. The van der Waals surface area contributed by atoms with Crippen LogP contribution in [0.1, 0.15) is 48.0 Å². The number of esters is 2. The van der Waals surface area contributed by atoms with Crippen LogP contribution < -0.4 is 0 Å². The van der Waals surface area contributed by atoms with Gasteiger partial charge >= 0.3 is 11.9 Å². The van der Waals surface area contributed by atoms with Gasteiger partial charge in [0.2, 0.25) is 0 Å². The van der Waals surface area contributed by atoms with Gasteiger partial charge in [-0.2, -0.15) is 0 Å². The number of hydrogen-bond acceptors (Lipinski definition) is 4. The van der Waals surface area contributed by atoms with Crippen LogP contribution in [0.3, 0.4) is 0 Å². The molecule has 1 aliphatic rings. The number of rotatable bonds is 3. The molecule has 1 unspecified atom stereocenters. The van der Waals surface area contributed by atoms with Gasteiger partial charge in [-0.3, -0.25) is 4.79 Å². The summed E-state index contributed by atoms with van der Waals surface area (Å²) in [6.07, 6.45) is 6.84. The molecular formula is C18H26O4. The highest BCUT2D eigenvalue weighted by molar-refractivity contribution is 5.93. The van der Waals surface area contributed by atoms with Crippen LogP contribution in [0.4, 0.5) is 0 Å². The molecular weight excluding hydrogens is 280 g/mol. The van der Waals surface area contributed by atoms with Crippen LogP contribution in [-0.2, 0) is 19.1 Å². The van der Waals surface area contributed by atoms with Crippen LogP contribution in [0.15, 0.2) is 36.5 Å². The molecule has 0 radical (unpaired) electrons. The molecule has 0 heterocycles. The first-order chi connectivity index (χ1) is 9.88. The van der Waals surface area contributed by atoms with E-state index in [0.717, 1.165) is 0 Å². The normalized spacial score (nSPS) is 21.8. The summed E-state index contributed by atoms with van der Waals surface area (Å²) in [5.74, 6) is -0.767. The highest BCUT2D eigenvalue weighted by Gasteiger charge is 2.38. The predicted molar refractivity (Wildman–Crippen MR) is 86.2 cm³/mol. The lowest BCUT2D eigenvalue weighted by Gasteiger charge is -2.31. The molecule has 4 nitrogen and oxygen atoms in total. The van der Waals surface area contributed by atoms with Crippen molar-refractivity contribution in [3.05, 3.63) is 36.5 Å². The molecule has 0 spiro atoms. The quantitative estimate of drug-likeness (QED) is 0.589. The van der Waals surface area contributed by atoms with E-state index < -0.39 is 22.6 Å². The molecule has 1 atom stereocenters. The van der Waals surface area contributed by atoms with E-state index in [9.17, 15) is 9.59 Å². The standard InChI is InChI=1S/C18H26O4/c1-8-18(15(20)22-17(5,6)7)11-9-13(10-12-18)14(19)21-16(2,3)4/h8-11H,1,12H2,2-7H3. The van der Waals surface area contributed by atoms with Gasteiger partial charge < -0.3 is 9.47 Å². The minimum absolute atomic E-state index is 0.330. The zero-order valence-corrected chi connectivity index (χ0v) is 14.4. The fourth-order valence-electron chi connectivity index (χ4n) is 1.90. The number of hydrogen-bond donors (Lipinski definition) is 0. The van der Waals surface area contributed by atoms with Crippen molar-refractivity contribution in [1.29, 1.82) is 0 Å². The third kappa shape index (κ3) is 4.86. The number of ether oxygens (including phenoxy) is 2. The first kappa shape index (κ1) is 18.2. The number of carbonyl (C=O) groups excluding carboxylic acids is 2. The van der Waals surface area contributed by atoms with E-state index in [0.29, 0.717) is 12.0 Å². The van der Waals surface area contributed by atoms with Crippen molar-refractivity contribution in [2.75, 3.05) is 0 Å². The summed E-state index contributed by atoms with van der Waals surface area (Å²) in [7, 11) is 0. The zero-order chi connectivity index (χ0) is 17.2. The number of allylic oxidation sites excluding steroid dienone is 1. The van der Waals surface area contributed by atoms with E-state index in [2.05, 4.69) is 6.58 Å². The Labute approximate surface area is 132 Å². The largest absolute Gasteiger partial charge is 0.459 e. The fraction of sp³-hybridized carbons (Fsp3) is 0.556. The molecule has 0 aromatic carbocycles. The molecule has 0 aliphatic heterocycles. The Morgan fingerprint density at radius 1 is 1.14 bits per heavy atom. The second-order valence-corrected chi connectivity index (χ2v) is 7.45. The van der Waals surface area contributed by atoms with E-state index in [1.807, 2.05) is 41.5 Å². The van der Waals surface area contributed by atoms with Gasteiger partial charge in [0.05, 0.1) is 5.57 Å². The van der Waals surface area contributed by atoms with Gasteiger partial charge in [0, 0.05) is 0 Å². The van der Waals surface area contributed by atoms with E-state index in [1.54, 1.807) is 24.3 Å².